The fourth-order valence-corrected chi connectivity index (χ4v) is 4.48. The minimum Gasteiger partial charge on any atom is -0.318 e. The van der Waals surface area contributed by atoms with Gasteiger partial charge in [0, 0.05) is 33.6 Å². The molecule has 0 spiro atoms. The molecule has 1 aromatic heterocycles. The Morgan fingerprint density at radius 3 is 2.29 bits per heavy atom. The molecule has 1 aliphatic rings. The first kappa shape index (κ1) is 21.8. The van der Waals surface area contributed by atoms with Crippen LogP contribution in [0.5, 0.6) is 0 Å². The highest BCUT2D eigenvalue weighted by Crippen LogP contribution is 2.31. The molecule has 0 aliphatic carbocycles. The molecular weight excluding hydrogens is 494 g/mol. The molecule has 1 saturated heterocycles. The number of thiocarbonyl (C=S) groups is 1. The van der Waals surface area contributed by atoms with E-state index < -0.39 is 0 Å². The first-order chi connectivity index (χ1) is 14.7. The largest absolute Gasteiger partial charge is 0.318 e. The molecule has 0 N–H and O–H groups in total. The number of benzene rings is 2. The number of hydrogen-bond acceptors (Lipinski definition) is 2. The highest BCUT2D eigenvalue weighted by Gasteiger charge is 2.37. The fourth-order valence-electron chi connectivity index (χ4n) is 3.82. The van der Waals surface area contributed by atoms with Gasteiger partial charge in [0.05, 0.1) is 5.69 Å². The number of rotatable bonds is 3. The quantitative estimate of drug-likeness (QED) is 0.298. The second-order valence-electron chi connectivity index (χ2n) is 7.58. The molecule has 4 rings (SSSR count). The van der Waals surface area contributed by atoms with Gasteiger partial charge in [-0.25, -0.2) is 0 Å². The van der Waals surface area contributed by atoms with Gasteiger partial charge >= 0.3 is 0 Å². The highest BCUT2D eigenvalue weighted by molar-refractivity contribution is 9.10. The molecule has 0 saturated carbocycles. The average Bonchev–Trinajstić information content (AvgIpc) is 3.12. The summed E-state index contributed by atoms with van der Waals surface area (Å²) in [5.41, 5.74) is 6.62. The first-order valence-corrected chi connectivity index (χ1v) is 11.3. The topological polar surface area (TPSA) is 28.5 Å². The lowest BCUT2D eigenvalue weighted by Gasteiger charge is -2.16. The molecule has 7 heteroatoms. The number of carbonyl (C=O) groups is 1. The third kappa shape index (κ3) is 3.84. The van der Waals surface area contributed by atoms with Crippen molar-refractivity contribution in [2.24, 2.45) is 0 Å². The third-order valence-corrected chi connectivity index (χ3v) is 7.11. The summed E-state index contributed by atoms with van der Waals surface area (Å²) in [6.07, 6.45) is 1.91. The first-order valence-electron chi connectivity index (χ1n) is 9.74. The van der Waals surface area contributed by atoms with Crippen molar-refractivity contribution >= 4 is 62.5 Å². The van der Waals surface area contributed by atoms with Gasteiger partial charge in [-0.2, -0.15) is 0 Å². The molecule has 31 heavy (non-hydrogen) atoms. The smallest absolute Gasteiger partial charge is 0.281 e. The summed E-state index contributed by atoms with van der Waals surface area (Å²) in [6.45, 7) is 6.20. The summed E-state index contributed by atoms with van der Waals surface area (Å²) in [6, 6.07) is 15.5. The Kier molecular flexibility index (Phi) is 5.81. The van der Waals surface area contributed by atoms with Crippen LogP contribution in [-0.4, -0.2) is 27.5 Å². The Balaban J connectivity index is 1.75. The Labute approximate surface area is 200 Å². The summed E-state index contributed by atoms with van der Waals surface area (Å²) >= 11 is 15.1. The summed E-state index contributed by atoms with van der Waals surface area (Å²) in [5.74, 6) is -0.154. The van der Waals surface area contributed by atoms with Crippen LogP contribution in [0.1, 0.15) is 22.5 Å². The molecule has 0 radical (unpaired) electrons. The minimum absolute atomic E-state index is 0.154. The maximum absolute atomic E-state index is 13.3. The number of carbonyl (C=O) groups excluding carboxylic acids is 1. The van der Waals surface area contributed by atoms with Gasteiger partial charge in [0.25, 0.3) is 5.91 Å². The summed E-state index contributed by atoms with van der Waals surface area (Å²) in [7, 11) is 1.82. The number of aryl methyl sites for hydroxylation is 2. The predicted molar refractivity (Wildman–Crippen MR) is 135 cm³/mol. The van der Waals surface area contributed by atoms with Crippen LogP contribution >= 0.6 is 39.7 Å². The van der Waals surface area contributed by atoms with Gasteiger partial charge < -0.3 is 9.47 Å². The zero-order valence-corrected chi connectivity index (χ0v) is 20.8. The SMILES string of the molecule is Cc1cc(-n2c(C)cc(/C=C3/C(=O)N(c4ccc(Cl)cc4)C(=S)N3C)c2C)ccc1Br. The summed E-state index contributed by atoms with van der Waals surface area (Å²) in [4.78, 5) is 16.5. The van der Waals surface area contributed by atoms with Crippen molar-refractivity contribution in [3.63, 3.8) is 0 Å². The second kappa shape index (κ2) is 8.26. The van der Waals surface area contributed by atoms with Crippen molar-refractivity contribution in [1.29, 1.82) is 0 Å². The van der Waals surface area contributed by atoms with E-state index in [0.717, 1.165) is 27.1 Å². The molecule has 4 nitrogen and oxygen atoms in total. The normalized spacial score (nSPS) is 15.5. The number of amides is 1. The molecular formula is C24H21BrClN3OS. The number of nitrogens with zero attached hydrogens (tertiary/aromatic N) is 3. The fraction of sp³-hybridized carbons (Fsp3) is 0.167. The van der Waals surface area contributed by atoms with E-state index in [9.17, 15) is 4.79 Å². The van der Waals surface area contributed by atoms with Gasteiger partial charge in [0.1, 0.15) is 5.70 Å². The van der Waals surface area contributed by atoms with Crippen molar-refractivity contribution in [2.75, 3.05) is 11.9 Å². The van der Waals surface area contributed by atoms with Crippen molar-refractivity contribution < 1.29 is 4.79 Å². The molecule has 2 aromatic carbocycles. The molecule has 1 aliphatic heterocycles. The van der Waals surface area contributed by atoms with Gasteiger partial charge in [-0.05, 0) is 98.7 Å². The van der Waals surface area contributed by atoms with E-state index in [1.807, 2.05) is 13.1 Å². The third-order valence-electron chi connectivity index (χ3n) is 5.51. The summed E-state index contributed by atoms with van der Waals surface area (Å²) < 4.78 is 3.27. The zero-order chi connectivity index (χ0) is 22.4. The second-order valence-corrected chi connectivity index (χ2v) is 9.24. The Bertz CT molecular complexity index is 1250. The number of anilines is 1. The van der Waals surface area contributed by atoms with Crippen molar-refractivity contribution in [2.45, 2.75) is 20.8 Å². The predicted octanol–water partition coefficient (Wildman–Crippen LogP) is 6.42. The lowest BCUT2D eigenvalue weighted by molar-refractivity contribution is -0.114. The Hall–Kier alpha value is -2.41. The van der Waals surface area contributed by atoms with E-state index in [0.29, 0.717) is 21.5 Å². The maximum Gasteiger partial charge on any atom is 0.281 e. The van der Waals surface area contributed by atoms with Crippen molar-refractivity contribution in [3.8, 4) is 5.69 Å². The summed E-state index contributed by atoms with van der Waals surface area (Å²) in [5, 5.41) is 1.05. The maximum atomic E-state index is 13.3. The van der Waals surface area contributed by atoms with Crippen LogP contribution in [0.4, 0.5) is 5.69 Å². The number of halogens is 2. The van der Waals surface area contributed by atoms with E-state index in [2.05, 4.69) is 65.5 Å². The zero-order valence-electron chi connectivity index (χ0n) is 17.6. The van der Waals surface area contributed by atoms with Crippen LogP contribution in [0.2, 0.25) is 5.02 Å². The monoisotopic (exact) mass is 513 g/mol. The van der Waals surface area contributed by atoms with Gasteiger partial charge in [-0.3, -0.25) is 9.69 Å². The van der Waals surface area contributed by atoms with Gasteiger partial charge in [-0.15, -0.1) is 0 Å². The van der Waals surface area contributed by atoms with Gasteiger partial charge in [0.2, 0.25) is 0 Å². The van der Waals surface area contributed by atoms with Crippen LogP contribution in [0.25, 0.3) is 11.8 Å². The number of hydrogen-bond donors (Lipinski definition) is 0. The molecule has 0 unspecified atom stereocenters. The van der Waals surface area contributed by atoms with Crippen LogP contribution in [0.15, 0.2) is 58.7 Å². The molecule has 3 aromatic rings. The Morgan fingerprint density at radius 1 is 1.00 bits per heavy atom. The van der Waals surface area contributed by atoms with Crippen LogP contribution in [0, 0.1) is 20.8 Å². The highest BCUT2D eigenvalue weighted by atomic mass is 79.9. The van der Waals surface area contributed by atoms with Crippen LogP contribution in [0.3, 0.4) is 0 Å². The van der Waals surface area contributed by atoms with E-state index in [-0.39, 0.29) is 5.91 Å². The van der Waals surface area contributed by atoms with Gasteiger partial charge in [-0.1, -0.05) is 27.5 Å². The van der Waals surface area contributed by atoms with E-state index in [1.165, 1.54) is 10.5 Å². The number of likely N-dealkylation sites (N-methyl/N-ethyl adjacent to an activating group) is 1. The molecule has 2 heterocycles. The molecule has 158 valence electrons. The van der Waals surface area contributed by atoms with E-state index >= 15 is 0 Å². The molecule has 0 bridgehead atoms. The minimum atomic E-state index is -0.154. The number of aromatic nitrogens is 1. The van der Waals surface area contributed by atoms with Gasteiger partial charge in [0.15, 0.2) is 5.11 Å². The van der Waals surface area contributed by atoms with E-state index in [1.54, 1.807) is 29.2 Å². The molecule has 1 amide bonds. The average molecular weight is 515 g/mol. The van der Waals surface area contributed by atoms with Crippen LogP contribution in [-0.2, 0) is 4.79 Å². The standard InChI is InChI=1S/C24H21BrClN3OS/c1-14-11-20(9-10-21(14)25)28-15(2)12-17(16(28)3)13-22-23(30)29(24(31)27(22)4)19-7-5-18(26)6-8-19/h5-13H,1-4H3/b22-13-. The molecule has 0 atom stereocenters. The Morgan fingerprint density at radius 2 is 1.65 bits per heavy atom. The van der Waals surface area contributed by atoms with Crippen molar-refractivity contribution in [3.05, 3.63) is 86.2 Å². The lowest BCUT2D eigenvalue weighted by atomic mass is 10.2. The van der Waals surface area contributed by atoms with Crippen LogP contribution < -0.4 is 4.90 Å². The van der Waals surface area contributed by atoms with E-state index in [4.69, 9.17) is 23.8 Å². The molecule has 1 fully saturated rings. The van der Waals surface area contributed by atoms with Crippen molar-refractivity contribution in [1.82, 2.24) is 9.47 Å². The lowest BCUT2D eigenvalue weighted by Crippen LogP contribution is -2.31.